The summed E-state index contributed by atoms with van der Waals surface area (Å²) in [4.78, 5) is 6.80. The second-order valence-electron chi connectivity index (χ2n) is 7.10. The first kappa shape index (κ1) is 15.3. The highest BCUT2D eigenvalue weighted by molar-refractivity contribution is 5.44. The van der Waals surface area contributed by atoms with Crippen molar-refractivity contribution in [3.05, 3.63) is 24.0 Å². The first-order valence-corrected chi connectivity index (χ1v) is 7.77. The van der Waals surface area contributed by atoms with Gasteiger partial charge in [-0.05, 0) is 49.7 Å². The average molecular weight is 276 g/mol. The number of aliphatic hydroxyl groups excluding tert-OH is 1. The molecule has 20 heavy (non-hydrogen) atoms. The highest BCUT2D eigenvalue weighted by Gasteiger charge is 2.27. The second kappa shape index (κ2) is 6.13. The highest BCUT2D eigenvalue weighted by atomic mass is 16.3. The topological polar surface area (TPSA) is 36.4 Å². The largest absolute Gasteiger partial charge is 0.387 e. The zero-order valence-electron chi connectivity index (χ0n) is 13.3. The molecule has 3 heteroatoms. The minimum absolute atomic E-state index is 0.407. The molecule has 1 aliphatic heterocycles. The average Bonchev–Trinajstić information content (AvgIpc) is 2.64. The molecule has 2 heterocycles. The predicted molar refractivity (Wildman–Crippen MR) is 83.9 cm³/mol. The van der Waals surface area contributed by atoms with Crippen LogP contribution in [0.25, 0.3) is 0 Å². The molecule has 1 aliphatic rings. The van der Waals surface area contributed by atoms with Crippen LogP contribution in [0.2, 0.25) is 0 Å². The van der Waals surface area contributed by atoms with Crippen LogP contribution >= 0.6 is 0 Å². The van der Waals surface area contributed by atoms with E-state index >= 15 is 0 Å². The third-order valence-electron chi connectivity index (χ3n) is 4.52. The van der Waals surface area contributed by atoms with Gasteiger partial charge in [0.2, 0.25) is 0 Å². The molecule has 0 bridgehead atoms. The maximum Gasteiger partial charge on any atom is 0.0931 e. The summed E-state index contributed by atoms with van der Waals surface area (Å²) in [6.07, 6.45) is 5.24. The van der Waals surface area contributed by atoms with E-state index in [2.05, 4.69) is 36.7 Å². The standard InChI is InChI=1S/C17H28N2O/c1-13(20)16-8-7-15(12-18-16)19-10-5-6-14(9-11-19)17(2,3)4/h7-8,12-14,20H,5-6,9-11H2,1-4H3/t13-,14?/m0/s1. The molecule has 3 nitrogen and oxygen atoms in total. The highest BCUT2D eigenvalue weighted by Crippen LogP contribution is 2.35. The Hall–Kier alpha value is -1.09. The first-order chi connectivity index (χ1) is 9.38. The Bertz CT molecular complexity index is 420. The Labute approximate surface area is 123 Å². The van der Waals surface area contributed by atoms with Gasteiger partial charge in [-0.25, -0.2) is 0 Å². The van der Waals surface area contributed by atoms with Crippen molar-refractivity contribution in [3.8, 4) is 0 Å². The van der Waals surface area contributed by atoms with Gasteiger partial charge in [-0.1, -0.05) is 20.8 Å². The lowest BCUT2D eigenvalue weighted by atomic mass is 9.77. The number of aromatic nitrogens is 1. The van der Waals surface area contributed by atoms with Crippen LogP contribution in [-0.2, 0) is 0 Å². The summed E-state index contributed by atoms with van der Waals surface area (Å²) in [6.45, 7) is 11.0. The third kappa shape index (κ3) is 3.72. The Morgan fingerprint density at radius 3 is 2.55 bits per heavy atom. The predicted octanol–water partition coefficient (Wildman–Crippen LogP) is 3.79. The molecule has 0 saturated carbocycles. The van der Waals surface area contributed by atoms with Crippen LogP contribution in [0, 0.1) is 11.3 Å². The number of aliphatic hydroxyl groups is 1. The Kier molecular flexibility index (Phi) is 4.69. The van der Waals surface area contributed by atoms with Gasteiger partial charge in [-0.3, -0.25) is 4.98 Å². The number of hydrogen-bond acceptors (Lipinski definition) is 3. The van der Waals surface area contributed by atoms with Gasteiger partial charge in [0, 0.05) is 13.1 Å². The summed E-state index contributed by atoms with van der Waals surface area (Å²) in [7, 11) is 0. The van der Waals surface area contributed by atoms with Gasteiger partial charge in [0.1, 0.15) is 0 Å². The van der Waals surface area contributed by atoms with Crippen molar-refractivity contribution >= 4 is 5.69 Å². The maximum absolute atomic E-state index is 9.52. The number of nitrogens with zero attached hydrogens (tertiary/aromatic N) is 2. The van der Waals surface area contributed by atoms with Gasteiger partial charge in [0.25, 0.3) is 0 Å². The van der Waals surface area contributed by atoms with E-state index in [-0.39, 0.29) is 0 Å². The Morgan fingerprint density at radius 2 is 2.00 bits per heavy atom. The lowest BCUT2D eigenvalue weighted by molar-refractivity contribution is 0.194. The number of rotatable bonds is 2. The van der Waals surface area contributed by atoms with Crippen molar-refractivity contribution in [1.29, 1.82) is 0 Å². The molecule has 2 atom stereocenters. The zero-order chi connectivity index (χ0) is 14.8. The van der Waals surface area contributed by atoms with E-state index in [1.54, 1.807) is 6.92 Å². The van der Waals surface area contributed by atoms with Crippen LogP contribution in [0.5, 0.6) is 0 Å². The van der Waals surface area contributed by atoms with E-state index in [9.17, 15) is 5.11 Å². The van der Waals surface area contributed by atoms with Crippen molar-refractivity contribution < 1.29 is 5.11 Å². The van der Waals surface area contributed by atoms with E-state index < -0.39 is 6.10 Å². The van der Waals surface area contributed by atoms with E-state index in [0.717, 1.165) is 24.7 Å². The second-order valence-corrected chi connectivity index (χ2v) is 7.10. The van der Waals surface area contributed by atoms with Crippen LogP contribution in [0.1, 0.15) is 58.8 Å². The van der Waals surface area contributed by atoms with E-state index in [1.165, 1.54) is 24.9 Å². The molecule has 0 spiro atoms. The molecular weight excluding hydrogens is 248 g/mol. The summed E-state index contributed by atoms with van der Waals surface area (Å²) in [5.74, 6) is 0.803. The van der Waals surface area contributed by atoms with Crippen LogP contribution < -0.4 is 4.90 Å². The maximum atomic E-state index is 9.52. The van der Waals surface area contributed by atoms with E-state index in [4.69, 9.17) is 0 Å². The van der Waals surface area contributed by atoms with Gasteiger partial charge < -0.3 is 10.0 Å². The molecule has 1 aromatic heterocycles. The van der Waals surface area contributed by atoms with Crippen molar-refractivity contribution in [2.24, 2.45) is 11.3 Å². The fourth-order valence-electron chi connectivity index (χ4n) is 3.05. The quantitative estimate of drug-likeness (QED) is 0.893. The van der Waals surface area contributed by atoms with Crippen molar-refractivity contribution in [3.63, 3.8) is 0 Å². The minimum Gasteiger partial charge on any atom is -0.387 e. The van der Waals surface area contributed by atoms with Crippen molar-refractivity contribution in [1.82, 2.24) is 4.98 Å². The molecule has 0 radical (unpaired) electrons. The van der Waals surface area contributed by atoms with Crippen LogP contribution in [0.4, 0.5) is 5.69 Å². The molecule has 0 amide bonds. The SMILES string of the molecule is C[C@H](O)c1ccc(N2CCCC(C(C)(C)C)CC2)cn1. The minimum atomic E-state index is -0.488. The van der Waals surface area contributed by atoms with E-state index in [0.29, 0.717) is 5.41 Å². The molecule has 1 unspecified atom stereocenters. The summed E-state index contributed by atoms with van der Waals surface area (Å²) >= 11 is 0. The molecule has 0 aromatic carbocycles. The number of anilines is 1. The lowest BCUT2D eigenvalue weighted by Gasteiger charge is -2.30. The van der Waals surface area contributed by atoms with Gasteiger partial charge in [-0.2, -0.15) is 0 Å². The summed E-state index contributed by atoms with van der Waals surface area (Å²) in [5.41, 5.74) is 2.34. The number of pyridine rings is 1. The van der Waals surface area contributed by atoms with Gasteiger partial charge in [0.15, 0.2) is 0 Å². The van der Waals surface area contributed by atoms with Crippen LogP contribution in [-0.4, -0.2) is 23.2 Å². The zero-order valence-corrected chi connectivity index (χ0v) is 13.3. The summed E-state index contributed by atoms with van der Waals surface area (Å²) < 4.78 is 0. The van der Waals surface area contributed by atoms with Gasteiger partial charge in [0.05, 0.1) is 23.7 Å². The smallest absolute Gasteiger partial charge is 0.0931 e. The normalized spacial score (nSPS) is 22.4. The molecule has 112 valence electrons. The Morgan fingerprint density at radius 1 is 1.25 bits per heavy atom. The number of hydrogen-bond donors (Lipinski definition) is 1. The molecular formula is C17H28N2O. The van der Waals surface area contributed by atoms with Crippen molar-refractivity contribution in [2.45, 2.75) is 53.1 Å². The van der Waals surface area contributed by atoms with Gasteiger partial charge in [-0.15, -0.1) is 0 Å². The third-order valence-corrected chi connectivity index (χ3v) is 4.52. The molecule has 1 aromatic rings. The summed E-state index contributed by atoms with van der Waals surface area (Å²) in [6, 6.07) is 4.03. The lowest BCUT2D eigenvalue weighted by Crippen LogP contribution is -2.26. The van der Waals surface area contributed by atoms with E-state index in [1.807, 2.05) is 12.3 Å². The molecule has 1 N–H and O–H groups in total. The first-order valence-electron chi connectivity index (χ1n) is 7.77. The van der Waals surface area contributed by atoms with Crippen LogP contribution in [0.3, 0.4) is 0 Å². The molecule has 1 saturated heterocycles. The summed E-state index contributed by atoms with van der Waals surface area (Å²) in [5, 5.41) is 9.52. The fourth-order valence-corrected chi connectivity index (χ4v) is 3.05. The van der Waals surface area contributed by atoms with Crippen LogP contribution in [0.15, 0.2) is 18.3 Å². The van der Waals surface area contributed by atoms with Crippen molar-refractivity contribution in [2.75, 3.05) is 18.0 Å². The Balaban J connectivity index is 2.03. The fraction of sp³-hybridized carbons (Fsp3) is 0.706. The molecule has 2 rings (SSSR count). The van der Waals surface area contributed by atoms with Gasteiger partial charge >= 0.3 is 0 Å². The molecule has 1 fully saturated rings. The molecule has 0 aliphatic carbocycles. The monoisotopic (exact) mass is 276 g/mol.